The first-order valence-electron chi connectivity index (χ1n) is 9.36. The Hall–Kier alpha value is -2.85. The van der Waals surface area contributed by atoms with Crippen molar-refractivity contribution in [3.05, 3.63) is 95.6 Å². The normalized spacial score (nSPS) is 15.3. The molecule has 1 amide bonds. The number of thioether (sulfide) groups is 1. The molecule has 0 N–H and O–H groups in total. The second-order valence-electron chi connectivity index (χ2n) is 6.96. The van der Waals surface area contributed by atoms with Crippen molar-refractivity contribution in [1.82, 2.24) is 0 Å². The number of nitrogens with zero attached hydrogens (tertiary/aromatic N) is 1. The Kier molecular flexibility index (Phi) is 5.31. The quantitative estimate of drug-likeness (QED) is 0.443. The van der Waals surface area contributed by atoms with Gasteiger partial charge in [-0.1, -0.05) is 54.6 Å². The molecule has 0 spiro atoms. The number of fused-ring (bicyclic) bond motifs is 1. The van der Waals surface area contributed by atoms with Gasteiger partial charge in [-0.25, -0.2) is 0 Å². The molecule has 3 aromatic rings. The number of carbonyl (C=O) groups excluding carboxylic acids is 2. The highest BCUT2D eigenvalue weighted by Gasteiger charge is 2.31. The molecule has 1 unspecified atom stereocenters. The Morgan fingerprint density at radius 2 is 1.64 bits per heavy atom. The van der Waals surface area contributed by atoms with Gasteiger partial charge >= 0.3 is 0 Å². The maximum Gasteiger partial charge on any atom is 0.258 e. The molecule has 0 radical (unpaired) electrons. The minimum Gasteiger partial charge on any atom is -0.305 e. The zero-order valence-corrected chi connectivity index (χ0v) is 16.5. The summed E-state index contributed by atoms with van der Waals surface area (Å²) in [5.74, 6) is 0.448. The van der Waals surface area contributed by atoms with Crippen molar-refractivity contribution in [2.24, 2.45) is 0 Å². The van der Waals surface area contributed by atoms with Gasteiger partial charge in [0.15, 0.2) is 5.78 Å². The van der Waals surface area contributed by atoms with Crippen molar-refractivity contribution in [3.8, 4) is 0 Å². The SMILES string of the molecule is CC1Cc2ccccc2N1C(=O)c1cccc(SCC(=O)c2ccccc2)c1. The molecule has 3 aromatic carbocycles. The summed E-state index contributed by atoms with van der Waals surface area (Å²) < 4.78 is 0. The number of rotatable bonds is 5. The lowest BCUT2D eigenvalue weighted by Crippen LogP contribution is -2.35. The van der Waals surface area contributed by atoms with Crippen LogP contribution in [0.2, 0.25) is 0 Å². The second-order valence-corrected chi connectivity index (χ2v) is 8.01. The topological polar surface area (TPSA) is 37.4 Å². The lowest BCUT2D eigenvalue weighted by atomic mass is 10.1. The van der Waals surface area contributed by atoms with Crippen LogP contribution in [0, 0.1) is 0 Å². The van der Waals surface area contributed by atoms with E-state index in [1.807, 2.05) is 77.7 Å². The van der Waals surface area contributed by atoms with E-state index in [1.54, 1.807) is 0 Å². The van der Waals surface area contributed by atoms with Gasteiger partial charge in [0.1, 0.15) is 0 Å². The molecule has 28 heavy (non-hydrogen) atoms. The Bertz CT molecular complexity index is 1020. The molecule has 0 bridgehead atoms. The predicted molar refractivity (Wildman–Crippen MR) is 114 cm³/mol. The van der Waals surface area contributed by atoms with Crippen molar-refractivity contribution in [2.45, 2.75) is 24.3 Å². The van der Waals surface area contributed by atoms with Gasteiger partial charge in [0.05, 0.1) is 5.75 Å². The van der Waals surface area contributed by atoms with E-state index in [2.05, 4.69) is 13.0 Å². The van der Waals surface area contributed by atoms with Gasteiger partial charge in [-0.2, -0.15) is 0 Å². The molecule has 1 aliphatic heterocycles. The summed E-state index contributed by atoms with van der Waals surface area (Å²) in [6.45, 7) is 2.08. The molecule has 3 nitrogen and oxygen atoms in total. The first-order chi connectivity index (χ1) is 13.6. The Morgan fingerprint density at radius 3 is 2.46 bits per heavy atom. The molecule has 0 fully saturated rings. The van der Waals surface area contributed by atoms with E-state index < -0.39 is 0 Å². The maximum atomic E-state index is 13.2. The molecule has 0 saturated heterocycles. The molecular formula is C24H21NO2S. The van der Waals surface area contributed by atoms with Gasteiger partial charge in [0.25, 0.3) is 5.91 Å². The number of hydrogen-bond acceptors (Lipinski definition) is 3. The molecule has 1 aliphatic rings. The zero-order valence-electron chi connectivity index (χ0n) is 15.7. The first-order valence-corrected chi connectivity index (χ1v) is 10.3. The number of carbonyl (C=O) groups is 2. The third-order valence-corrected chi connectivity index (χ3v) is 5.97. The van der Waals surface area contributed by atoms with Crippen molar-refractivity contribution >= 4 is 29.1 Å². The standard InChI is InChI=1S/C24H21NO2S/c1-17-14-19-10-5-6-13-22(19)25(17)24(27)20-11-7-12-21(15-20)28-16-23(26)18-8-3-2-4-9-18/h2-13,15,17H,14,16H2,1H3. The fourth-order valence-corrected chi connectivity index (χ4v) is 4.44. The van der Waals surface area contributed by atoms with Crippen molar-refractivity contribution in [2.75, 3.05) is 10.7 Å². The van der Waals surface area contributed by atoms with Crippen LogP contribution in [0.15, 0.2) is 83.8 Å². The molecular weight excluding hydrogens is 366 g/mol. The molecule has 0 aliphatic carbocycles. The lowest BCUT2D eigenvalue weighted by Gasteiger charge is -2.23. The second kappa shape index (κ2) is 8.03. The van der Waals surface area contributed by atoms with Crippen molar-refractivity contribution in [1.29, 1.82) is 0 Å². The maximum absolute atomic E-state index is 13.2. The van der Waals surface area contributed by atoms with Crippen LogP contribution in [0.4, 0.5) is 5.69 Å². The average Bonchev–Trinajstić information content (AvgIpc) is 3.08. The van der Waals surface area contributed by atoms with E-state index in [0.29, 0.717) is 16.9 Å². The van der Waals surface area contributed by atoms with Gasteiger partial charge in [-0.3, -0.25) is 9.59 Å². The van der Waals surface area contributed by atoms with Crippen LogP contribution in [0.3, 0.4) is 0 Å². The number of benzene rings is 3. The molecule has 4 heteroatoms. The number of Topliss-reactive ketones (excluding diaryl/α,β-unsaturated/α-hetero) is 1. The average molecular weight is 388 g/mol. The van der Waals surface area contributed by atoms with Gasteiger partial charge in [-0.05, 0) is 43.2 Å². The Balaban J connectivity index is 1.49. The van der Waals surface area contributed by atoms with Crippen LogP contribution in [0.25, 0.3) is 0 Å². The third kappa shape index (κ3) is 3.73. The van der Waals surface area contributed by atoms with Crippen LogP contribution >= 0.6 is 11.8 Å². The van der Waals surface area contributed by atoms with Crippen LogP contribution in [0.1, 0.15) is 33.2 Å². The predicted octanol–water partition coefficient (Wildman–Crippen LogP) is 5.25. The summed E-state index contributed by atoms with van der Waals surface area (Å²) in [5, 5.41) is 0. The van der Waals surface area contributed by atoms with E-state index in [-0.39, 0.29) is 17.7 Å². The van der Waals surface area contributed by atoms with Crippen LogP contribution in [-0.2, 0) is 6.42 Å². The summed E-state index contributed by atoms with van der Waals surface area (Å²) in [6.07, 6.45) is 0.877. The summed E-state index contributed by atoms with van der Waals surface area (Å²) in [6, 6.07) is 25.1. The van der Waals surface area contributed by atoms with E-state index in [0.717, 1.165) is 17.0 Å². The third-order valence-electron chi connectivity index (χ3n) is 4.97. The zero-order chi connectivity index (χ0) is 19.5. The minimum atomic E-state index is 0.00860. The van der Waals surface area contributed by atoms with E-state index in [9.17, 15) is 9.59 Å². The monoisotopic (exact) mass is 387 g/mol. The molecule has 0 saturated carbocycles. The summed E-state index contributed by atoms with van der Waals surface area (Å²) in [4.78, 5) is 28.3. The number of ketones is 1. The fraction of sp³-hybridized carbons (Fsp3) is 0.167. The molecule has 140 valence electrons. The number of amides is 1. The van der Waals surface area contributed by atoms with Crippen molar-refractivity contribution in [3.63, 3.8) is 0 Å². The molecule has 4 rings (SSSR count). The Labute approximate surface area is 169 Å². The van der Waals surface area contributed by atoms with Crippen molar-refractivity contribution < 1.29 is 9.59 Å². The van der Waals surface area contributed by atoms with Crippen LogP contribution < -0.4 is 4.90 Å². The lowest BCUT2D eigenvalue weighted by molar-refractivity contribution is 0.0979. The van der Waals surface area contributed by atoms with E-state index in [1.165, 1.54) is 17.3 Å². The smallest absolute Gasteiger partial charge is 0.258 e. The Morgan fingerprint density at radius 1 is 0.929 bits per heavy atom. The van der Waals surface area contributed by atoms with Gasteiger partial charge < -0.3 is 4.90 Å². The van der Waals surface area contributed by atoms with Gasteiger partial charge in [0, 0.05) is 27.8 Å². The summed E-state index contributed by atoms with van der Waals surface area (Å²) in [7, 11) is 0. The number of hydrogen-bond donors (Lipinski definition) is 0. The molecule has 0 aromatic heterocycles. The number of anilines is 1. The highest BCUT2D eigenvalue weighted by molar-refractivity contribution is 8.00. The molecule has 1 heterocycles. The van der Waals surface area contributed by atoms with Gasteiger partial charge in [-0.15, -0.1) is 11.8 Å². The molecule has 1 atom stereocenters. The van der Waals surface area contributed by atoms with Gasteiger partial charge in [0.2, 0.25) is 0 Å². The highest BCUT2D eigenvalue weighted by atomic mass is 32.2. The van der Waals surface area contributed by atoms with E-state index in [4.69, 9.17) is 0 Å². The first kappa shape index (κ1) is 18.5. The number of para-hydroxylation sites is 1. The fourth-order valence-electron chi connectivity index (χ4n) is 3.59. The summed E-state index contributed by atoms with van der Waals surface area (Å²) >= 11 is 1.46. The van der Waals surface area contributed by atoms with E-state index >= 15 is 0 Å². The largest absolute Gasteiger partial charge is 0.305 e. The highest BCUT2D eigenvalue weighted by Crippen LogP contribution is 2.33. The summed E-state index contributed by atoms with van der Waals surface area (Å²) in [5.41, 5.74) is 3.57. The van der Waals surface area contributed by atoms with Crippen LogP contribution in [-0.4, -0.2) is 23.5 Å². The minimum absolute atomic E-state index is 0.00860. The van der Waals surface area contributed by atoms with Crippen LogP contribution in [0.5, 0.6) is 0 Å².